The van der Waals surface area contributed by atoms with Crippen molar-refractivity contribution >= 4 is 46.6 Å². The zero-order valence-electron chi connectivity index (χ0n) is 18.1. The molecule has 0 bridgehead atoms. The van der Waals surface area contributed by atoms with Gasteiger partial charge in [0.2, 0.25) is 0 Å². The first kappa shape index (κ1) is 24.6. The maximum atomic E-state index is 13.1. The summed E-state index contributed by atoms with van der Waals surface area (Å²) in [5, 5.41) is -0.337. The number of methoxy groups -OCH3 is 1. The van der Waals surface area contributed by atoms with Crippen LogP contribution in [-0.2, 0) is 20.9 Å². The van der Waals surface area contributed by atoms with Crippen LogP contribution in [0.1, 0.15) is 25.0 Å². The van der Waals surface area contributed by atoms with Crippen LogP contribution in [0.5, 0.6) is 11.5 Å². The number of benzene rings is 2. The molecule has 174 valence electrons. The van der Waals surface area contributed by atoms with Gasteiger partial charge in [0.1, 0.15) is 18.5 Å². The highest BCUT2D eigenvalue weighted by molar-refractivity contribution is 8.18. The molecule has 0 spiro atoms. The first-order valence-corrected chi connectivity index (χ1v) is 11.1. The first-order valence-electron chi connectivity index (χ1n) is 9.93. The largest absolute Gasteiger partial charge is 0.490 e. The van der Waals surface area contributed by atoms with Gasteiger partial charge in [0, 0.05) is 0 Å². The third-order valence-electron chi connectivity index (χ3n) is 4.68. The Morgan fingerprint density at radius 1 is 1.21 bits per heavy atom. The summed E-state index contributed by atoms with van der Waals surface area (Å²) in [6.07, 6.45) is 1.49. The Kier molecular flexibility index (Phi) is 7.99. The van der Waals surface area contributed by atoms with Gasteiger partial charge in [0.05, 0.1) is 23.6 Å². The third-order valence-corrected chi connectivity index (χ3v) is 5.84. The van der Waals surface area contributed by atoms with E-state index in [-0.39, 0.29) is 22.4 Å². The molecule has 2 amide bonds. The Morgan fingerprint density at radius 3 is 2.55 bits per heavy atom. The number of thioether (sulfide) groups is 1. The molecule has 1 atom stereocenters. The fourth-order valence-corrected chi connectivity index (χ4v) is 4.23. The van der Waals surface area contributed by atoms with E-state index in [1.165, 1.54) is 32.2 Å². The summed E-state index contributed by atoms with van der Waals surface area (Å²) in [6, 6.07) is 8.03. The van der Waals surface area contributed by atoms with Gasteiger partial charge in [-0.25, -0.2) is 9.18 Å². The van der Waals surface area contributed by atoms with E-state index >= 15 is 0 Å². The number of carbonyl (C=O) groups is 3. The fourth-order valence-electron chi connectivity index (χ4n) is 3.05. The van der Waals surface area contributed by atoms with Crippen LogP contribution < -0.4 is 9.47 Å². The molecule has 0 unspecified atom stereocenters. The number of nitrogens with zero attached hydrogens (tertiary/aromatic N) is 1. The molecule has 0 radical (unpaired) electrons. The summed E-state index contributed by atoms with van der Waals surface area (Å²) in [4.78, 5) is 37.8. The van der Waals surface area contributed by atoms with E-state index in [4.69, 9.17) is 21.1 Å². The quantitative estimate of drug-likeness (QED) is 0.375. The van der Waals surface area contributed by atoms with Gasteiger partial charge in [-0.2, -0.15) is 0 Å². The highest BCUT2D eigenvalue weighted by atomic mass is 35.5. The maximum Gasteiger partial charge on any atom is 0.328 e. The minimum absolute atomic E-state index is 0.134. The van der Waals surface area contributed by atoms with Crippen LogP contribution >= 0.6 is 23.4 Å². The van der Waals surface area contributed by atoms with E-state index in [1.807, 2.05) is 0 Å². The molecule has 1 saturated heterocycles. The Labute approximate surface area is 199 Å². The summed E-state index contributed by atoms with van der Waals surface area (Å²) in [5.41, 5.74) is 1.25. The Morgan fingerprint density at radius 2 is 1.91 bits per heavy atom. The molecule has 33 heavy (non-hydrogen) atoms. The lowest BCUT2D eigenvalue weighted by Gasteiger charge is -2.18. The lowest BCUT2D eigenvalue weighted by Crippen LogP contribution is -2.42. The second-order valence-electron chi connectivity index (χ2n) is 6.93. The van der Waals surface area contributed by atoms with Crippen LogP contribution in [0.2, 0.25) is 5.02 Å². The van der Waals surface area contributed by atoms with E-state index in [9.17, 15) is 18.8 Å². The number of esters is 1. The second-order valence-corrected chi connectivity index (χ2v) is 8.33. The summed E-state index contributed by atoms with van der Waals surface area (Å²) in [5.74, 6) is -0.994. The monoisotopic (exact) mass is 493 g/mol. The smallest absolute Gasteiger partial charge is 0.328 e. The maximum absolute atomic E-state index is 13.1. The molecule has 1 aliphatic heterocycles. The highest BCUT2D eigenvalue weighted by Gasteiger charge is 2.41. The van der Waals surface area contributed by atoms with Gasteiger partial charge in [-0.15, -0.1) is 0 Å². The van der Waals surface area contributed by atoms with Crippen molar-refractivity contribution in [1.82, 2.24) is 4.90 Å². The number of hydrogen-bond acceptors (Lipinski definition) is 7. The van der Waals surface area contributed by atoms with Crippen LogP contribution in [-0.4, -0.2) is 41.8 Å². The van der Waals surface area contributed by atoms with Gasteiger partial charge in [-0.3, -0.25) is 14.5 Å². The van der Waals surface area contributed by atoms with Crippen molar-refractivity contribution in [2.75, 3.05) is 13.7 Å². The van der Waals surface area contributed by atoms with Crippen molar-refractivity contribution in [3.8, 4) is 11.5 Å². The fraction of sp³-hybridized carbons (Fsp3) is 0.261. The summed E-state index contributed by atoms with van der Waals surface area (Å²) >= 11 is 7.14. The normalized spacial score (nSPS) is 15.7. The number of rotatable bonds is 8. The minimum Gasteiger partial charge on any atom is -0.490 e. The highest BCUT2D eigenvalue weighted by Crippen LogP contribution is 2.40. The zero-order valence-corrected chi connectivity index (χ0v) is 19.7. The van der Waals surface area contributed by atoms with Crippen molar-refractivity contribution in [2.45, 2.75) is 26.5 Å². The number of imide groups is 1. The summed E-state index contributed by atoms with van der Waals surface area (Å²) in [6.45, 7) is 3.69. The lowest BCUT2D eigenvalue weighted by molar-refractivity contribution is -0.148. The molecule has 2 aromatic carbocycles. The molecule has 10 heteroatoms. The summed E-state index contributed by atoms with van der Waals surface area (Å²) < 4.78 is 29.2. The van der Waals surface area contributed by atoms with Crippen LogP contribution in [0.4, 0.5) is 9.18 Å². The molecule has 3 rings (SSSR count). The second kappa shape index (κ2) is 10.7. The first-order chi connectivity index (χ1) is 15.7. The number of ether oxygens (including phenoxy) is 3. The van der Waals surface area contributed by atoms with E-state index in [0.29, 0.717) is 35.4 Å². The predicted octanol–water partition coefficient (Wildman–Crippen LogP) is 5.05. The van der Waals surface area contributed by atoms with E-state index in [1.54, 1.807) is 31.2 Å². The molecule has 1 aliphatic rings. The van der Waals surface area contributed by atoms with Crippen LogP contribution in [0.3, 0.4) is 0 Å². The Hall–Kier alpha value is -3.04. The SMILES string of the molecule is CCOc1cc(/C=C2/SC(=O)N([C@@H](C)C(=O)OC)C2=O)cc(Cl)c1OCc1ccc(F)cc1. The molecule has 0 aromatic heterocycles. The van der Waals surface area contributed by atoms with Gasteiger partial charge in [-0.1, -0.05) is 23.7 Å². The van der Waals surface area contributed by atoms with Gasteiger partial charge in [-0.05, 0) is 67.1 Å². The van der Waals surface area contributed by atoms with E-state index in [0.717, 1.165) is 10.5 Å². The van der Waals surface area contributed by atoms with Crippen molar-refractivity contribution in [3.63, 3.8) is 0 Å². The molecule has 0 N–H and O–H groups in total. The average molecular weight is 494 g/mol. The van der Waals surface area contributed by atoms with Crippen molar-refractivity contribution in [3.05, 3.63) is 63.3 Å². The Bertz CT molecular complexity index is 1100. The van der Waals surface area contributed by atoms with Gasteiger partial charge >= 0.3 is 5.97 Å². The molecule has 7 nitrogen and oxygen atoms in total. The van der Waals surface area contributed by atoms with Crippen LogP contribution in [0, 0.1) is 5.82 Å². The molecule has 0 saturated carbocycles. The van der Waals surface area contributed by atoms with Crippen LogP contribution in [0.25, 0.3) is 6.08 Å². The van der Waals surface area contributed by atoms with Crippen molar-refractivity contribution in [2.24, 2.45) is 0 Å². The predicted molar refractivity (Wildman–Crippen MR) is 123 cm³/mol. The third kappa shape index (κ3) is 5.66. The zero-order chi connectivity index (χ0) is 24.1. The molecule has 1 fully saturated rings. The molecule has 1 heterocycles. The number of hydrogen-bond donors (Lipinski definition) is 0. The molecule has 2 aromatic rings. The lowest BCUT2D eigenvalue weighted by atomic mass is 10.1. The standard InChI is InChI=1S/C23H21ClFNO6S/c1-4-31-18-10-15(9-17(24)20(18)32-12-14-5-7-16(25)8-6-14)11-19-21(27)26(23(29)33-19)13(2)22(28)30-3/h5-11,13H,4,12H2,1-3H3/b19-11+/t13-/m0/s1. The number of halogens is 2. The molecular weight excluding hydrogens is 473 g/mol. The van der Waals surface area contributed by atoms with Crippen molar-refractivity contribution < 1.29 is 33.0 Å². The summed E-state index contributed by atoms with van der Waals surface area (Å²) in [7, 11) is 1.19. The van der Waals surface area contributed by atoms with E-state index < -0.39 is 23.2 Å². The van der Waals surface area contributed by atoms with Crippen molar-refractivity contribution in [1.29, 1.82) is 0 Å². The average Bonchev–Trinajstić information content (AvgIpc) is 3.06. The molecular formula is C23H21ClFNO6S. The van der Waals surface area contributed by atoms with Gasteiger partial charge in [0.25, 0.3) is 11.1 Å². The number of carbonyl (C=O) groups excluding carboxylic acids is 3. The molecule has 0 aliphatic carbocycles. The number of amides is 2. The van der Waals surface area contributed by atoms with E-state index in [2.05, 4.69) is 4.74 Å². The van der Waals surface area contributed by atoms with Gasteiger partial charge in [0.15, 0.2) is 11.5 Å². The Balaban J connectivity index is 1.86. The minimum atomic E-state index is -1.04. The van der Waals surface area contributed by atoms with Crippen LogP contribution in [0.15, 0.2) is 41.3 Å². The van der Waals surface area contributed by atoms with Gasteiger partial charge < -0.3 is 14.2 Å². The topological polar surface area (TPSA) is 82.1 Å².